The van der Waals surface area contributed by atoms with Crippen molar-refractivity contribution in [2.24, 2.45) is 23.2 Å². The van der Waals surface area contributed by atoms with Gasteiger partial charge in [-0.25, -0.2) is 0 Å². The van der Waals surface area contributed by atoms with E-state index in [1.54, 1.807) is 0 Å². The van der Waals surface area contributed by atoms with Crippen LogP contribution in [-0.2, 0) is 4.79 Å². The van der Waals surface area contributed by atoms with Crippen LogP contribution in [0.4, 0.5) is 0 Å². The third-order valence-electron chi connectivity index (χ3n) is 4.85. The molecule has 1 N–H and O–H groups in total. The maximum atomic E-state index is 12.7. The molecule has 0 aromatic heterocycles. The average Bonchev–Trinajstić information content (AvgIpc) is 2.27. The van der Waals surface area contributed by atoms with Crippen molar-refractivity contribution in [1.29, 1.82) is 0 Å². The van der Waals surface area contributed by atoms with Crippen LogP contribution < -0.4 is 5.32 Å². The van der Waals surface area contributed by atoms with Gasteiger partial charge in [0.2, 0.25) is 0 Å². The van der Waals surface area contributed by atoms with Crippen molar-refractivity contribution < 1.29 is 4.79 Å². The van der Waals surface area contributed by atoms with Crippen LogP contribution in [0.5, 0.6) is 0 Å². The summed E-state index contributed by atoms with van der Waals surface area (Å²) in [5.74, 6) is 2.38. The maximum Gasteiger partial charge on any atom is 0.141 e. The van der Waals surface area contributed by atoms with E-state index in [2.05, 4.69) is 26.1 Å². The van der Waals surface area contributed by atoms with Crippen LogP contribution in [0.15, 0.2) is 0 Å². The van der Waals surface area contributed by atoms with E-state index < -0.39 is 0 Å². The molecular weight excluding hydrogens is 210 g/mol. The Morgan fingerprint density at radius 3 is 2.12 bits per heavy atom. The van der Waals surface area contributed by atoms with Crippen LogP contribution in [0, 0.1) is 23.2 Å². The highest BCUT2D eigenvalue weighted by Gasteiger charge is 2.40. The lowest BCUT2D eigenvalue weighted by molar-refractivity contribution is -0.135. The lowest BCUT2D eigenvalue weighted by Crippen LogP contribution is -2.44. The molecule has 2 unspecified atom stereocenters. The lowest BCUT2D eigenvalue weighted by atomic mass is 9.66. The first-order chi connectivity index (χ1) is 8.01. The van der Waals surface area contributed by atoms with Gasteiger partial charge in [-0.1, -0.05) is 20.8 Å². The Bertz CT molecular complexity index is 271. The predicted molar refractivity (Wildman–Crippen MR) is 70.9 cm³/mol. The summed E-state index contributed by atoms with van der Waals surface area (Å²) in [6.07, 6.45) is 5.64. The first-order valence-electron chi connectivity index (χ1n) is 7.26. The van der Waals surface area contributed by atoms with Crippen molar-refractivity contribution in [3.8, 4) is 0 Å². The van der Waals surface area contributed by atoms with Crippen LogP contribution in [0.1, 0.15) is 52.9 Å². The third-order valence-corrected chi connectivity index (χ3v) is 4.85. The fourth-order valence-electron chi connectivity index (χ4n) is 3.88. The summed E-state index contributed by atoms with van der Waals surface area (Å²) in [7, 11) is 0. The molecule has 0 aromatic rings. The second-order valence-electron chi connectivity index (χ2n) is 6.79. The highest BCUT2D eigenvalue weighted by Crippen LogP contribution is 2.40. The van der Waals surface area contributed by atoms with E-state index >= 15 is 0 Å². The first-order valence-corrected chi connectivity index (χ1v) is 7.26. The van der Waals surface area contributed by atoms with E-state index in [4.69, 9.17) is 0 Å². The molecule has 0 aromatic carbocycles. The van der Waals surface area contributed by atoms with Crippen molar-refractivity contribution in [2.75, 3.05) is 13.1 Å². The first kappa shape index (κ1) is 13.1. The number of piperidine rings is 1. The standard InChI is InChI=1S/C15H27NO/c1-11-8-12(2)10-13(9-11)14(17)15(3)4-6-16-7-5-15/h11-13,16H,4-10H2,1-3H3. The van der Waals surface area contributed by atoms with Crippen LogP contribution >= 0.6 is 0 Å². The molecule has 1 heterocycles. The van der Waals surface area contributed by atoms with Gasteiger partial charge in [0.15, 0.2) is 0 Å². The van der Waals surface area contributed by atoms with Gasteiger partial charge < -0.3 is 5.32 Å². The molecule has 0 spiro atoms. The summed E-state index contributed by atoms with van der Waals surface area (Å²) >= 11 is 0. The van der Waals surface area contributed by atoms with Crippen LogP contribution in [-0.4, -0.2) is 18.9 Å². The molecule has 2 heteroatoms. The largest absolute Gasteiger partial charge is 0.317 e. The van der Waals surface area contributed by atoms with Gasteiger partial charge in [0, 0.05) is 11.3 Å². The summed E-state index contributed by atoms with van der Waals surface area (Å²) in [5.41, 5.74) is -0.0350. The van der Waals surface area contributed by atoms with Crippen LogP contribution in [0.2, 0.25) is 0 Å². The van der Waals surface area contributed by atoms with Crippen molar-refractivity contribution >= 4 is 5.78 Å². The fraction of sp³-hybridized carbons (Fsp3) is 0.933. The van der Waals surface area contributed by atoms with Crippen LogP contribution in [0.3, 0.4) is 0 Å². The van der Waals surface area contributed by atoms with Gasteiger partial charge in [-0.2, -0.15) is 0 Å². The van der Waals surface area contributed by atoms with Crippen molar-refractivity contribution in [1.82, 2.24) is 5.32 Å². The molecule has 17 heavy (non-hydrogen) atoms. The minimum absolute atomic E-state index is 0.0350. The molecule has 2 fully saturated rings. The zero-order valence-corrected chi connectivity index (χ0v) is 11.6. The van der Waals surface area contributed by atoms with Crippen LogP contribution in [0.25, 0.3) is 0 Å². The van der Waals surface area contributed by atoms with Gasteiger partial charge >= 0.3 is 0 Å². The topological polar surface area (TPSA) is 29.1 Å². The Labute approximate surface area is 106 Å². The molecule has 2 rings (SSSR count). The number of nitrogens with one attached hydrogen (secondary N) is 1. The molecule has 2 atom stereocenters. The highest BCUT2D eigenvalue weighted by molar-refractivity contribution is 5.87. The summed E-state index contributed by atoms with van der Waals surface area (Å²) in [6, 6.07) is 0. The second-order valence-corrected chi connectivity index (χ2v) is 6.79. The zero-order valence-electron chi connectivity index (χ0n) is 11.6. The fourth-order valence-corrected chi connectivity index (χ4v) is 3.88. The van der Waals surface area contributed by atoms with E-state index in [-0.39, 0.29) is 5.41 Å². The third kappa shape index (κ3) is 2.90. The number of rotatable bonds is 2. The van der Waals surface area contributed by atoms with E-state index in [1.807, 2.05) is 0 Å². The molecule has 0 radical (unpaired) electrons. The molecule has 1 aliphatic heterocycles. The Kier molecular flexibility index (Phi) is 3.92. The number of hydrogen-bond acceptors (Lipinski definition) is 2. The SMILES string of the molecule is CC1CC(C)CC(C(=O)C2(C)CCNCC2)C1. The molecule has 1 saturated heterocycles. The Morgan fingerprint density at radius 2 is 1.59 bits per heavy atom. The van der Waals surface area contributed by atoms with E-state index in [9.17, 15) is 4.79 Å². The predicted octanol–water partition coefficient (Wildman–Crippen LogP) is 3.02. The highest BCUT2D eigenvalue weighted by atomic mass is 16.1. The number of hydrogen-bond donors (Lipinski definition) is 1. The van der Waals surface area contributed by atoms with Gasteiger partial charge in [0.1, 0.15) is 5.78 Å². The summed E-state index contributed by atoms with van der Waals surface area (Å²) < 4.78 is 0. The quantitative estimate of drug-likeness (QED) is 0.800. The van der Waals surface area contributed by atoms with Gasteiger partial charge in [0.05, 0.1) is 0 Å². The maximum absolute atomic E-state index is 12.7. The van der Waals surface area contributed by atoms with Crippen molar-refractivity contribution in [3.05, 3.63) is 0 Å². The number of ketones is 1. The molecule has 1 saturated carbocycles. The number of carbonyl (C=O) groups is 1. The Hall–Kier alpha value is -0.370. The minimum atomic E-state index is -0.0350. The Balaban J connectivity index is 2.03. The van der Waals surface area contributed by atoms with Gasteiger partial charge in [-0.05, 0) is 57.0 Å². The Morgan fingerprint density at radius 1 is 1.06 bits per heavy atom. The normalized spacial score (nSPS) is 37.7. The smallest absolute Gasteiger partial charge is 0.141 e. The molecule has 98 valence electrons. The van der Waals surface area contributed by atoms with Gasteiger partial charge in [0.25, 0.3) is 0 Å². The minimum Gasteiger partial charge on any atom is -0.317 e. The summed E-state index contributed by atoms with van der Waals surface area (Å²) in [5, 5.41) is 3.36. The van der Waals surface area contributed by atoms with Crippen molar-refractivity contribution in [2.45, 2.75) is 52.9 Å². The monoisotopic (exact) mass is 237 g/mol. The number of Topliss-reactive ketones (excluding diaryl/α,β-unsaturated/α-hetero) is 1. The molecule has 0 amide bonds. The molecule has 2 nitrogen and oxygen atoms in total. The van der Waals surface area contributed by atoms with Gasteiger partial charge in [-0.3, -0.25) is 4.79 Å². The zero-order chi connectivity index (χ0) is 12.5. The molecule has 1 aliphatic carbocycles. The number of carbonyl (C=O) groups excluding carboxylic acids is 1. The molecule has 2 aliphatic rings. The molecular formula is C15H27NO. The van der Waals surface area contributed by atoms with Crippen molar-refractivity contribution in [3.63, 3.8) is 0 Å². The second kappa shape index (κ2) is 5.09. The van der Waals surface area contributed by atoms with E-state index in [1.165, 1.54) is 6.42 Å². The molecule has 0 bridgehead atoms. The summed E-state index contributed by atoms with van der Waals surface area (Å²) in [4.78, 5) is 12.7. The average molecular weight is 237 g/mol. The summed E-state index contributed by atoms with van der Waals surface area (Å²) in [6.45, 7) is 8.83. The van der Waals surface area contributed by atoms with E-state index in [0.717, 1.165) is 50.6 Å². The van der Waals surface area contributed by atoms with Gasteiger partial charge in [-0.15, -0.1) is 0 Å². The van der Waals surface area contributed by atoms with E-state index in [0.29, 0.717) is 11.7 Å². The lowest BCUT2D eigenvalue weighted by Gasteiger charge is -2.39.